The fraction of sp³-hybridized carbons (Fsp3) is 0.273. The van der Waals surface area contributed by atoms with Crippen molar-refractivity contribution in [2.75, 3.05) is 12.4 Å². The van der Waals surface area contributed by atoms with Crippen molar-refractivity contribution in [2.24, 2.45) is 5.73 Å². The van der Waals surface area contributed by atoms with Crippen LogP contribution in [0.5, 0.6) is 0 Å². The van der Waals surface area contributed by atoms with E-state index in [0.29, 0.717) is 0 Å². The lowest BCUT2D eigenvalue weighted by Gasteiger charge is -2.19. The second-order valence-corrected chi connectivity index (χ2v) is 3.64. The van der Waals surface area contributed by atoms with Crippen LogP contribution >= 0.6 is 0 Å². The van der Waals surface area contributed by atoms with Gasteiger partial charge >= 0.3 is 6.03 Å². The number of benzene rings is 1. The molecule has 5 heteroatoms. The summed E-state index contributed by atoms with van der Waals surface area (Å²) in [7, 11) is 1.45. The maximum Gasteiger partial charge on any atom is 0.321 e. The summed E-state index contributed by atoms with van der Waals surface area (Å²) in [5.41, 5.74) is 7.94. The van der Waals surface area contributed by atoms with Gasteiger partial charge in [-0.15, -0.1) is 0 Å². The van der Waals surface area contributed by atoms with Gasteiger partial charge in [0.1, 0.15) is 0 Å². The Hall–Kier alpha value is -2.04. The number of nitrogens with one attached hydrogen (secondary N) is 2. The molecule has 5 nitrogen and oxygen atoms in total. The van der Waals surface area contributed by atoms with Crippen LogP contribution in [0.3, 0.4) is 0 Å². The molecule has 1 aromatic carbocycles. The molecule has 0 aromatic heterocycles. The fourth-order valence-corrected chi connectivity index (χ4v) is 1.32. The first-order valence-electron chi connectivity index (χ1n) is 4.88. The van der Waals surface area contributed by atoms with Gasteiger partial charge in [-0.1, -0.05) is 18.2 Å². The van der Waals surface area contributed by atoms with Gasteiger partial charge in [-0.2, -0.15) is 0 Å². The van der Waals surface area contributed by atoms with Crippen LogP contribution in [-0.2, 0) is 0 Å². The van der Waals surface area contributed by atoms with Gasteiger partial charge < -0.3 is 11.1 Å². The number of carbonyl (C=O) groups excluding carboxylic acids is 1. The minimum atomic E-state index is -0.663. The van der Waals surface area contributed by atoms with Crippen molar-refractivity contribution >= 4 is 17.7 Å². The molecule has 0 radical (unpaired) electrons. The number of amides is 2. The summed E-state index contributed by atoms with van der Waals surface area (Å²) in [5, 5.41) is 10.5. The Kier molecular flexibility index (Phi) is 3.50. The molecule has 4 N–H and O–H groups in total. The summed E-state index contributed by atoms with van der Waals surface area (Å²) in [6, 6.07) is 5.15. The summed E-state index contributed by atoms with van der Waals surface area (Å²) in [6.07, 6.45) is 0. The highest BCUT2D eigenvalue weighted by atomic mass is 16.2. The molecular weight excluding hydrogens is 204 g/mol. The number of guanidine groups is 1. The molecule has 0 saturated carbocycles. The monoisotopic (exact) mass is 220 g/mol. The Morgan fingerprint density at radius 1 is 1.38 bits per heavy atom. The summed E-state index contributed by atoms with van der Waals surface area (Å²) in [5.74, 6) is -0.0371. The first-order chi connectivity index (χ1) is 7.43. The van der Waals surface area contributed by atoms with Crippen molar-refractivity contribution < 1.29 is 4.79 Å². The molecule has 1 aromatic rings. The largest absolute Gasteiger partial charge is 0.351 e. The third-order valence-electron chi connectivity index (χ3n) is 2.39. The van der Waals surface area contributed by atoms with Crippen molar-refractivity contribution in [1.82, 2.24) is 4.90 Å². The van der Waals surface area contributed by atoms with E-state index in [0.717, 1.165) is 21.7 Å². The Morgan fingerprint density at radius 3 is 2.31 bits per heavy atom. The number of rotatable bonds is 1. The quantitative estimate of drug-likeness (QED) is 0.497. The molecule has 1 rings (SSSR count). The highest BCUT2D eigenvalue weighted by molar-refractivity contribution is 6.01. The molecule has 0 spiro atoms. The number of para-hydroxylation sites is 1. The predicted molar refractivity (Wildman–Crippen MR) is 64.6 cm³/mol. The van der Waals surface area contributed by atoms with Crippen molar-refractivity contribution in [3.63, 3.8) is 0 Å². The number of carbonyl (C=O) groups is 1. The van der Waals surface area contributed by atoms with Gasteiger partial charge in [0.25, 0.3) is 0 Å². The fourth-order valence-electron chi connectivity index (χ4n) is 1.32. The highest BCUT2D eigenvalue weighted by Crippen LogP contribution is 2.19. The van der Waals surface area contributed by atoms with E-state index in [1.54, 1.807) is 0 Å². The summed E-state index contributed by atoms with van der Waals surface area (Å²) >= 11 is 0. The van der Waals surface area contributed by atoms with Crippen LogP contribution in [0.4, 0.5) is 10.5 Å². The Labute approximate surface area is 94.8 Å². The first-order valence-corrected chi connectivity index (χ1v) is 4.88. The minimum absolute atomic E-state index is 0.0371. The van der Waals surface area contributed by atoms with Crippen LogP contribution in [0, 0.1) is 19.3 Å². The second-order valence-electron chi connectivity index (χ2n) is 3.64. The number of hydrogen-bond acceptors (Lipinski definition) is 2. The van der Waals surface area contributed by atoms with Crippen LogP contribution < -0.4 is 11.1 Å². The molecule has 2 amide bonds. The summed E-state index contributed by atoms with van der Waals surface area (Å²) in [4.78, 5) is 11.9. The first kappa shape index (κ1) is 12.0. The average Bonchev–Trinajstić information content (AvgIpc) is 2.22. The Balaban J connectivity index is 2.89. The second kappa shape index (κ2) is 4.65. The SMILES string of the molecule is Cc1cccc(C)c1NC(=N)N(C)C(N)=O. The van der Waals surface area contributed by atoms with Gasteiger partial charge in [0, 0.05) is 12.7 Å². The van der Waals surface area contributed by atoms with E-state index in [2.05, 4.69) is 5.32 Å². The summed E-state index contributed by atoms with van der Waals surface area (Å²) < 4.78 is 0. The summed E-state index contributed by atoms with van der Waals surface area (Å²) in [6.45, 7) is 3.87. The number of hydrogen-bond donors (Lipinski definition) is 3. The molecule has 0 saturated heterocycles. The molecule has 0 bridgehead atoms. The standard InChI is InChI=1S/C11H16N4O/c1-7-5-4-6-8(2)9(7)14-10(12)15(3)11(13)16/h4-6H,1-3H3,(H2,12,14)(H2,13,16). The van der Waals surface area contributed by atoms with Crippen LogP contribution in [0.25, 0.3) is 0 Å². The average molecular weight is 220 g/mol. The number of primary amides is 1. The van der Waals surface area contributed by atoms with Gasteiger partial charge in [-0.25, -0.2) is 4.79 Å². The third kappa shape index (κ3) is 2.50. The van der Waals surface area contributed by atoms with E-state index < -0.39 is 6.03 Å². The number of nitrogens with two attached hydrogens (primary N) is 1. The molecule has 86 valence electrons. The Morgan fingerprint density at radius 2 is 1.88 bits per heavy atom. The van der Waals surface area contributed by atoms with Crippen molar-refractivity contribution in [3.05, 3.63) is 29.3 Å². The number of nitrogens with zero attached hydrogens (tertiary/aromatic N) is 1. The normalized spacial score (nSPS) is 9.69. The Bertz CT molecular complexity index is 408. The zero-order valence-corrected chi connectivity index (χ0v) is 9.66. The molecule has 0 unspecified atom stereocenters. The molecule has 0 aliphatic rings. The van der Waals surface area contributed by atoms with Crippen molar-refractivity contribution in [2.45, 2.75) is 13.8 Å². The van der Waals surface area contributed by atoms with Gasteiger partial charge in [0.05, 0.1) is 0 Å². The van der Waals surface area contributed by atoms with E-state index >= 15 is 0 Å². The molecular formula is C11H16N4O. The van der Waals surface area contributed by atoms with Gasteiger partial charge in [-0.05, 0) is 25.0 Å². The zero-order valence-electron chi connectivity index (χ0n) is 9.66. The maximum absolute atomic E-state index is 10.9. The van der Waals surface area contributed by atoms with Crippen molar-refractivity contribution in [3.8, 4) is 0 Å². The van der Waals surface area contributed by atoms with Crippen molar-refractivity contribution in [1.29, 1.82) is 5.41 Å². The molecule has 0 aliphatic carbocycles. The van der Waals surface area contributed by atoms with Crippen LogP contribution in [-0.4, -0.2) is 23.9 Å². The number of anilines is 1. The maximum atomic E-state index is 10.9. The highest BCUT2D eigenvalue weighted by Gasteiger charge is 2.11. The van der Waals surface area contributed by atoms with E-state index in [-0.39, 0.29) is 5.96 Å². The molecule has 16 heavy (non-hydrogen) atoms. The molecule has 0 heterocycles. The third-order valence-corrected chi connectivity index (χ3v) is 2.39. The van der Waals surface area contributed by atoms with E-state index in [1.165, 1.54) is 7.05 Å². The van der Waals surface area contributed by atoms with Crippen LogP contribution in [0.15, 0.2) is 18.2 Å². The lowest BCUT2D eigenvalue weighted by molar-refractivity contribution is 0.235. The van der Waals surface area contributed by atoms with Crippen LogP contribution in [0.2, 0.25) is 0 Å². The van der Waals surface area contributed by atoms with E-state index in [1.807, 2.05) is 32.0 Å². The molecule has 0 aliphatic heterocycles. The van der Waals surface area contributed by atoms with Gasteiger partial charge in [0.2, 0.25) is 5.96 Å². The minimum Gasteiger partial charge on any atom is -0.351 e. The number of aryl methyl sites for hydroxylation is 2. The zero-order chi connectivity index (χ0) is 12.3. The van der Waals surface area contributed by atoms with E-state index in [9.17, 15) is 4.79 Å². The smallest absolute Gasteiger partial charge is 0.321 e. The lowest BCUT2D eigenvalue weighted by Crippen LogP contribution is -2.40. The number of urea groups is 1. The predicted octanol–water partition coefficient (Wildman–Crippen LogP) is 1.66. The van der Waals surface area contributed by atoms with Gasteiger partial charge in [0.15, 0.2) is 0 Å². The topological polar surface area (TPSA) is 82.2 Å². The van der Waals surface area contributed by atoms with E-state index in [4.69, 9.17) is 11.1 Å². The molecule has 0 fully saturated rings. The molecule has 0 atom stereocenters. The van der Waals surface area contributed by atoms with Crippen LogP contribution in [0.1, 0.15) is 11.1 Å². The van der Waals surface area contributed by atoms with Gasteiger partial charge in [-0.3, -0.25) is 10.3 Å². The lowest BCUT2D eigenvalue weighted by atomic mass is 10.1.